The number of carbonyl (C=O) groups excluding carboxylic acids is 1. The molecule has 0 saturated carbocycles. The van der Waals surface area contributed by atoms with Gasteiger partial charge in [0.15, 0.2) is 0 Å². The predicted molar refractivity (Wildman–Crippen MR) is 78.7 cm³/mol. The first-order valence-corrected chi connectivity index (χ1v) is 7.28. The number of hydrogen-bond acceptors (Lipinski definition) is 3. The Morgan fingerprint density at radius 2 is 2.24 bits per heavy atom. The molecule has 1 N–H and O–H groups in total. The molecule has 21 heavy (non-hydrogen) atoms. The highest BCUT2D eigenvalue weighted by molar-refractivity contribution is 6.31. The Balaban J connectivity index is 1.84. The summed E-state index contributed by atoms with van der Waals surface area (Å²) in [5, 5.41) is 9.72. The zero-order chi connectivity index (χ0) is 15.4. The maximum Gasteiger partial charge on any atom is 0.326 e. The fourth-order valence-corrected chi connectivity index (χ4v) is 2.55. The monoisotopic (exact) mass is 311 g/mol. The Morgan fingerprint density at radius 3 is 2.90 bits per heavy atom. The van der Waals surface area contributed by atoms with Gasteiger partial charge in [0.05, 0.1) is 13.0 Å². The summed E-state index contributed by atoms with van der Waals surface area (Å²) in [5.74, 6) is -0.457. The van der Waals surface area contributed by atoms with Crippen molar-refractivity contribution in [2.75, 3.05) is 13.2 Å². The van der Waals surface area contributed by atoms with Crippen molar-refractivity contribution in [1.82, 2.24) is 4.90 Å². The van der Waals surface area contributed by atoms with Gasteiger partial charge in [-0.3, -0.25) is 4.79 Å². The highest BCUT2D eigenvalue weighted by Gasteiger charge is 2.33. The van der Waals surface area contributed by atoms with E-state index in [2.05, 4.69) is 0 Å². The molecule has 114 valence electrons. The molecule has 1 heterocycles. The van der Waals surface area contributed by atoms with Gasteiger partial charge in [-0.1, -0.05) is 11.6 Å². The van der Waals surface area contributed by atoms with Crippen LogP contribution in [-0.2, 0) is 9.59 Å². The molecule has 1 saturated heterocycles. The maximum atomic E-state index is 12.0. The molecule has 0 spiro atoms. The normalized spacial score (nSPS) is 17.8. The molecule has 1 aliphatic heterocycles. The van der Waals surface area contributed by atoms with Crippen molar-refractivity contribution in [2.24, 2.45) is 0 Å². The summed E-state index contributed by atoms with van der Waals surface area (Å²) in [6, 6.07) is 4.61. The lowest BCUT2D eigenvalue weighted by molar-refractivity contribution is -0.148. The lowest BCUT2D eigenvalue weighted by atomic mass is 10.2. The van der Waals surface area contributed by atoms with Crippen molar-refractivity contribution in [3.8, 4) is 5.75 Å². The van der Waals surface area contributed by atoms with E-state index >= 15 is 0 Å². The number of amides is 1. The molecule has 5 nitrogen and oxygen atoms in total. The van der Waals surface area contributed by atoms with Crippen LogP contribution >= 0.6 is 11.6 Å². The third-order valence-corrected chi connectivity index (χ3v) is 4.00. The van der Waals surface area contributed by atoms with Gasteiger partial charge in [-0.05, 0) is 43.5 Å². The Labute approximate surface area is 128 Å². The van der Waals surface area contributed by atoms with Crippen LogP contribution in [0.15, 0.2) is 18.2 Å². The van der Waals surface area contributed by atoms with E-state index in [9.17, 15) is 9.59 Å². The molecule has 0 radical (unpaired) electrons. The molecule has 1 amide bonds. The van der Waals surface area contributed by atoms with E-state index in [4.69, 9.17) is 21.4 Å². The number of carbonyl (C=O) groups is 2. The summed E-state index contributed by atoms with van der Waals surface area (Å²) in [6.07, 6.45) is 1.43. The van der Waals surface area contributed by atoms with Crippen LogP contribution in [0.25, 0.3) is 0 Å². The molecule has 6 heteroatoms. The van der Waals surface area contributed by atoms with Gasteiger partial charge in [-0.25, -0.2) is 4.79 Å². The maximum absolute atomic E-state index is 12.0. The molecule has 0 aromatic heterocycles. The number of nitrogens with zero attached hydrogens (tertiary/aromatic N) is 1. The molecule has 1 atom stereocenters. The number of aryl methyl sites for hydroxylation is 1. The van der Waals surface area contributed by atoms with E-state index < -0.39 is 12.0 Å². The van der Waals surface area contributed by atoms with Crippen LogP contribution in [0.1, 0.15) is 24.8 Å². The summed E-state index contributed by atoms with van der Waals surface area (Å²) in [7, 11) is 0. The standard InChI is InChI=1S/C15H18ClNO4/c1-10-9-11(4-5-12(10)16)21-8-6-14(18)17-7-2-3-13(17)15(19)20/h4-5,9,13H,2-3,6-8H2,1H3,(H,19,20). The van der Waals surface area contributed by atoms with Crippen molar-refractivity contribution < 1.29 is 19.4 Å². The molecule has 1 fully saturated rings. The van der Waals surface area contributed by atoms with E-state index in [1.54, 1.807) is 12.1 Å². The quantitative estimate of drug-likeness (QED) is 0.907. The van der Waals surface area contributed by atoms with Crippen molar-refractivity contribution >= 4 is 23.5 Å². The third-order valence-electron chi connectivity index (χ3n) is 3.57. The number of halogens is 1. The van der Waals surface area contributed by atoms with E-state index in [0.717, 1.165) is 12.0 Å². The molecular formula is C15H18ClNO4. The third kappa shape index (κ3) is 3.88. The van der Waals surface area contributed by atoms with Crippen molar-refractivity contribution in [3.05, 3.63) is 28.8 Å². The Bertz CT molecular complexity index is 546. The number of carboxylic acids is 1. The van der Waals surface area contributed by atoms with Gasteiger partial charge in [0.2, 0.25) is 5.91 Å². The average Bonchev–Trinajstić information content (AvgIpc) is 2.92. The Kier molecular flexibility index (Phi) is 5.07. The molecule has 1 aromatic rings. The first kappa shape index (κ1) is 15.6. The lowest BCUT2D eigenvalue weighted by Gasteiger charge is -2.21. The second kappa shape index (κ2) is 6.80. The van der Waals surface area contributed by atoms with Crippen LogP contribution < -0.4 is 4.74 Å². The number of carboxylic acid groups (broad SMARTS) is 1. The van der Waals surface area contributed by atoms with Crippen LogP contribution in [0.2, 0.25) is 5.02 Å². The minimum Gasteiger partial charge on any atom is -0.493 e. The van der Waals surface area contributed by atoms with Crippen LogP contribution in [0.5, 0.6) is 5.75 Å². The second-order valence-corrected chi connectivity index (χ2v) is 5.50. The van der Waals surface area contributed by atoms with E-state index in [0.29, 0.717) is 23.7 Å². The topological polar surface area (TPSA) is 66.8 Å². The summed E-state index contributed by atoms with van der Waals surface area (Å²) in [5.41, 5.74) is 0.908. The minimum absolute atomic E-state index is 0.172. The van der Waals surface area contributed by atoms with Gasteiger partial charge in [-0.2, -0.15) is 0 Å². The molecule has 1 aliphatic rings. The highest BCUT2D eigenvalue weighted by atomic mass is 35.5. The fraction of sp³-hybridized carbons (Fsp3) is 0.467. The summed E-state index contributed by atoms with van der Waals surface area (Å²) in [6.45, 7) is 2.61. The fourth-order valence-electron chi connectivity index (χ4n) is 2.43. The number of aliphatic carboxylic acids is 1. The van der Waals surface area contributed by atoms with Gasteiger partial charge in [-0.15, -0.1) is 0 Å². The number of rotatable bonds is 5. The van der Waals surface area contributed by atoms with Crippen LogP contribution in [0, 0.1) is 6.92 Å². The summed E-state index contributed by atoms with van der Waals surface area (Å²) < 4.78 is 5.51. The molecule has 0 aliphatic carbocycles. The number of benzene rings is 1. The van der Waals surface area contributed by atoms with Crippen LogP contribution in [0.4, 0.5) is 0 Å². The van der Waals surface area contributed by atoms with Gasteiger partial charge < -0.3 is 14.7 Å². The van der Waals surface area contributed by atoms with E-state index in [1.807, 2.05) is 13.0 Å². The van der Waals surface area contributed by atoms with Crippen LogP contribution in [0.3, 0.4) is 0 Å². The first-order valence-electron chi connectivity index (χ1n) is 6.90. The second-order valence-electron chi connectivity index (χ2n) is 5.09. The Morgan fingerprint density at radius 1 is 1.48 bits per heavy atom. The molecular weight excluding hydrogens is 294 g/mol. The minimum atomic E-state index is -0.935. The van der Waals surface area contributed by atoms with E-state index in [-0.39, 0.29) is 18.9 Å². The highest BCUT2D eigenvalue weighted by Crippen LogP contribution is 2.22. The van der Waals surface area contributed by atoms with Crippen molar-refractivity contribution in [1.29, 1.82) is 0 Å². The number of likely N-dealkylation sites (tertiary alicyclic amines) is 1. The molecule has 1 aromatic carbocycles. The van der Waals surface area contributed by atoms with Crippen LogP contribution in [-0.4, -0.2) is 41.1 Å². The van der Waals surface area contributed by atoms with Gasteiger partial charge in [0.25, 0.3) is 0 Å². The zero-order valence-corrected chi connectivity index (χ0v) is 12.6. The van der Waals surface area contributed by atoms with Gasteiger partial charge >= 0.3 is 5.97 Å². The largest absolute Gasteiger partial charge is 0.493 e. The predicted octanol–water partition coefficient (Wildman–Crippen LogP) is 2.49. The first-order chi connectivity index (χ1) is 9.99. The van der Waals surface area contributed by atoms with Gasteiger partial charge in [0.1, 0.15) is 11.8 Å². The number of ether oxygens (including phenoxy) is 1. The van der Waals surface area contributed by atoms with Crippen molar-refractivity contribution in [3.63, 3.8) is 0 Å². The average molecular weight is 312 g/mol. The zero-order valence-electron chi connectivity index (χ0n) is 11.8. The van der Waals surface area contributed by atoms with E-state index in [1.165, 1.54) is 4.90 Å². The number of hydrogen-bond donors (Lipinski definition) is 1. The van der Waals surface area contributed by atoms with Crippen molar-refractivity contribution in [2.45, 2.75) is 32.2 Å². The summed E-state index contributed by atoms with van der Waals surface area (Å²) >= 11 is 5.92. The summed E-state index contributed by atoms with van der Waals surface area (Å²) in [4.78, 5) is 24.5. The SMILES string of the molecule is Cc1cc(OCCC(=O)N2CCCC2C(=O)O)ccc1Cl. The smallest absolute Gasteiger partial charge is 0.326 e. The molecule has 1 unspecified atom stereocenters. The molecule has 2 rings (SSSR count). The Hall–Kier alpha value is -1.75. The molecule has 0 bridgehead atoms. The van der Waals surface area contributed by atoms with Gasteiger partial charge in [0, 0.05) is 11.6 Å². The lowest BCUT2D eigenvalue weighted by Crippen LogP contribution is -2.40.